The Bertz CT molecular complexity index is 702. The number of amides is 1. The second-order valence-electron chi connectivity index (χ2n) is 4.71. The third-order valence-electron chi connectivity index (χ3n) is 3.01. The van der Waals surface area contributed by atoms with Crippen molar-refractivity contribution in [2.24, 2.45) is 0 Å². The standard InChI is InChI=1S/C17H16ClNO4/c1-22-15-7-3-5-13(9-15)17(21)19-10-16(20)23-11-12-4-2-6-14(18)8-12/h2-9H,10-11H2,1H3,(H,19,21). The topological polar surface area (TPSA) is 64.6 Å². The first-order valence-corrected chi connectivity index (χ1v) is 7.28. The van der Waals surface area contributed by atoms with Crippen molar-refractivity contribution in [3.63, 3.8) is 0 Å². The smallest absolute Gasteiger partial charge is 0.325 e. The van der Waals surface area contributed by atoms with Crippen LogP contribution < -0.4 is 10.1 Å². The molecule has 2 aromatic carbocycles. The molecule has 23 heavy (non-hydrogen) atoms. The Balaban J connectivity index is 1.80. The highest BCUT2D eigenvalue weighted by Crippen LogP contribution is 2.13. The van der Waals surface area contributed by atoms with E-state index >= 15 is 0 Å². The van der Waals surface area contributed by atoms with E-state index in [2.05, 4.69) is 5.32 Å². The molecule has 0 atom stereocenters. The minimum absolute atomic E-state index is 0.106. The van der Waals surface area contributed by atoms with Crippen LogP contribution in [0.4, 0.5) is 0 Å². The van der Waals surface area contributed by atoms with Gasteiger partial charge in [-0.2, -0.15) is 0 Å². The van der Waals surface area contributed by atoms with Crippen LogP contribution in [0.5, 0.6) is 5.75 Å². The van der Waals surface area contributed by atoms with Crippen LogP contribution in [0.2, 0.25) is 5.02 Å². The molecule has 0 aromatic heterocycles. The summed E-state index contributed by atoms with van der Waals surface area (Å²) in [5.74, 6) is -0.328. The van der Waals surface area contributed by atoms with E-state index in [-0.39, 0.29) is 19.1 Å². The van der Waals surface area contributed by atoms with Gasteiger partial charge >= 0.3 is 5.97 Å². The van der Waals surface area contributed by atoms with E-state index in [9.17, 15) is 9.59 Å². The Morgan fingerprint density at radius 1 is 1.13 bits per heavy atom. The molecule has 0 aliphatic rings. The molecule has 6 heteroatoms. The molecule has 2 aromatic rings. The van der Waals surface area contributed by atoms with Crippen molar-refractivity contribution in [1.82, 2.24) is 5.32 Å². The summed E-state index contributed by atoms with van der Waals surface area (Å²) >= 11 is 5.85. The fourth-order valence-corrected chi connectivity index (χ4v) is 2.07. The molecule has 5 nitrogen and oxygen atoms in total. The predicted octanol–water partition coefficient (Wildman–Crippen LogP) is 2.82. The number of methoxy groups -OCH3 is 1. The molecular formula is C17H16ClNO4. The zero-order chi connectivity index (χ0) is 16.7. The molecule has 0 fully saturated rings. The first-order chi connectivity index (χ1) is 11.1. The van der Waals surface area contributed by atoms with Gasteiger partial charge in [-0.3, -0.25) is 9.59 Å². The van der Waals surface area contributed by atoms with Crippen molar-refractivity contribution in [2.75, 3.05) is 13.7 Å². The summed E-state index contributed by atoms with van der Waals surface area (Å²) in [7, 11) is 1.52. The van der Waals surface area contributed by atoms with Crippen LogP contribution >= 0.6 is 11.6 Å². The van der Waals surface area contributed by atoms with Crippen LogP contribution in [0, 0.1) is 0 Å². The molecule has 0 radical (unpaired) electrons. The lowest BCUT2D eigenvalue weighted by Gasteiger charge is -2.08. The number of esters is 1. The fourth-order valence-electron chi connectivity index (χ4n) is 1.86. The van der Waals surface area contributed by atoms with Gasteiger partial charge in [0.05, 0.1) is 7.11 Å². The molecule has 1 amide bonds. The van der Waals surface area contributed by atoms with Crippen LogP contribution in [0.15, 0.2) is 48.5 Å². The van der Waals surface area contributed by atoms with Crippen molar-refractivity contribution in [3.05, 3.63) is 64.7 Å². The lowest BCUT2D eigenvalue weighted by Crippen LogP contribution is -2.30. The lowest BCUT2D eigenvalue weighted by molar-refractivity contribution is -0.143. The van der Waals surface area contributed by atoms with Crippen LogP contribution in [0.25, 0.3) is 0 Å². The van der Waals surface area contributed by atoms with Gasteiger partial charge < -0.3 is 14.8 Å². The van der Waals surface area contributed by atoms with Crippen molar-refractivity contribution < 1.29 is 19.1 Å². The van der Waals surface area contributed by atoms with Gasteiger partial charge in [0.25, 0.3) is 5.91 Å². The summed E-state index contributed by atoms with van der Waals surface area (Å²) in [6.07, 6.45) is 0. The van der Waals surface area contributed by atoms with E-state index in [0.29, 0.717) is 16.3 Å². The van der Waals surface area contributed by atoms with Crippen LogP contribution in [-0.2, 0) is 16.1 Å². The van der Waals surface area contributed by atoms with Gasteiger partial charge in [-0.25, -0.2) is 0 Å². The Hall–Kier alpha value is -2.53. The quantitative estimate of drug-likeness (QED) is 0.826. The average Bonchev–Trinajstić information content (AvgIpc) is 2.58. The molecular weight excluding hydrogens is 318 g/mol. The van der Waals surface area contributed by atoms with Crippen molar-refractivity contribution in [1.29, 1.82) is 0 Å². The van der Waals surface area contributed by atoms with Gasteiger partial charge in [-0.15, -0.1) is 0 Å². The van der Waals surface area contributed by atoms with E-state index in [4.69, 9.17) is 21.1 Å². The summed E-state index contributed by atoms with van der Waals surface area (Å²) in [5.41, 5.74) is 1.19. The monoisotopic (exact) mass is 333 g/mol. The summed E-state index contributed by atoms with van der Waals surface area (Å²) in [6.45, 7) is -0.106. The molecule has 0 bridgehead atoms. The predicted molar refractivity (Wildman–Crippen MR) is 86.6 cm³/mol. The minimum Gasteiger partial charge on any atom is -0.497 e. The summed E-state index contributed by atoms with van der Waals surface area (Å²) in [5, 5.41) is 3.08. The van der Waals surface area contributed by atoms with Crippen molar-refractivity contribution >= 4 is 23.5 Å². The molecule has 0 saturated heterocycles. The average molecular weight is 334 g/mol. The highest BCUT2D eigenvalue weighted by molar-refractivity contribution is 6.30. The largest absolute Gasteiger partial charge is 0.497 e. The number of hydrogen-bond donors (Lipinski definition) is 1. The van der Waals surface area contributed by atoms with Gasteiger partial charge in [-0.1, -0.05) is 29.8 Å². The van der Waals surface area contributed by atoms with Gasteiger partial charge in [0.2, 0.25) is 0 Å². The van der Waals surface area contributed by atoms with Crippen LogP contribution in [0.3, 0.4) is 0 Å². The second kappa shape index (κ2) is 8.19. The van der Waals surface area contributed by atoms with E-state index < -0.39 is 5.97 Å². The van der Waals surface area contributed by atoms with E-state index in [1.165, 1.54) is 7.11 Å². The number of carbonyl (C=O) groups excluding carboxylic acids is 2. The fraction of sp³-hybridized carbons (Fsp3) is 0.176. The summed E-state index contributed by atoms with van der Waals surface area (Å²) in [6, 6.07) is 13.7. The van der Waals surface area contributed by atoms with Gasteiger partial charge in [0, 0.05) is 10.6 Å². The van der Waals surface area contributed by atoms with Crippen molar-refractivity contribution in [2.45, 2.75) is 6.61 Å². The maximum atomic E-state index is 11.9. The Kier molecular flexibility index (Phi) is 6.00. The molecule has 1 N–H and O–H groups in total. The second-order valence-corrected chi connectivity index (χ2v) is 5.14. The summed E-state index contributed by atoms with van der Waals surface area (Å²) in [4.78, 5) is 23.6. The molecule has 2 rings (SSSR count). The molecule has 0 aliphatic carbocycles. The van der Waals surface area contributed by atoms with E-state index in [1.807, 2.05) is 0 Å². The van der Waals surface area contributed by atoms with E-state index in [1.54, 1.807) is 48.5 Å². The number of nitrogens with one attached hydrogen (secondary N) is 1. The van der Waals surface area contributed by atoms with Crippen LogP contribution in [-0.4, -0.2) is 25.5 Å². The molecule has 0 saturated carbocycles. The third kappa shape index (κ3) is 5.30. The number of hydrogen-bond acceptors (Lipinski definition) is 4. The SMILES string of the molecule is COc1cccc(C(=O)NCC(=O)OCc2cccc(Cl)c2)c1. The van der Waals surface area contributed by atoms with Crippen LogP contribution in [0.1, 0.15) is 15.9 Å². The maximum Gasteiger partial charge on any atom is 0.325 e. The number of halogens is 1. The molecule has 0 unspecified atom stereocenters. The highest BCUT2D eigenvalue weighted by atomic mass is 35.5. The van der Waals surface area contributed by atoms with Gasteiger partial charge in [0.1, 0.15) is 18.9 Å². The normalized spacial score (nSPS) is 10.0. The number of carbonyl (C=O) groups is 2. The Morgan fingerprint density at radius 3 is 2.65 bits per heavy atom. The zero-order valence-corrected chi connectivity index (χ0v) is 13.3. The Labute approximate surface area is 139 Å². The van der Waals surface area contributed by atoms with E-state index in [0.717, 1.165) is 5.56 Å². The summed E-state index contributed by atoms with van der Waals surface area (Å²) < 4.78 is 10.1. The lowest BCUT2D eigenvalue weighted by atomic mass is 10.2. The third-order valence-corrected chi connectivity index (χ3v) is 3.25. The molecule has 120 valence electrons. The Morgan fingerprint density at radius 2 is 1.91 bits per heavy atom. The molecule has 0 aliphatic heterocycles. The first-order valence-electron chi connectivity index (χ1n) is 6.91. The number of benzene rings is 2. The van der Waals surface area contributed by atoms with Crippen molar-refractivity contribution in [3.8, 4) is 5.75 Å². The minimum atomic E-state index is -0.527. The number of rotatable bonds is 6. The number of ether oxygens (including phenoxy) is 2. The maximum absolute atomic E-state index is 11.9. The van der Waals surface area contributed by atoms with Gasteiger partial charge in [-0.05, 0) is 35.9 Å². The first kappa shape index (κ1) is 16.8. The molecule has 0 heterocycles. The van der Waals surface area contributed by atoms with Gasteiger partial charge in [0.15, 0.2) is 0 Å². The highest BCUT2D eigenvalue weighted by Gasteiger charge is 2.10. The zero-order valence-electron chi connectivity index (χ0n) is 12.5. The molecule has 0 spiro atoms.